The quantitative estimate of drug-likeness (QED) is 0.881. The smallest absolute Gasteiger partial charge is 0.263 e. The van der Waals surface area contributed by atoms with Gasteiger partial charge in [-0.25, -0.2) is 4.98 Å². The van der Waals surface area contributed by atoms with E-state index in [-0.39, 0.29) is 5.91 Å². The highest BCUT2D eigenvalue weighted by Crippen LogP contribution is 2.14. The minimum atomic E-state index is -0.164. The van der Waals surface area contributed by atoms with Crippen molar-refractivity contribution in [2.45, 2.75) is 20.4 Å². The summed E-state index contributed by atoms with van der Waals surface area (Å²) < 4.78 is 0. The lowest BCUT2D eigenvalue weighted by Crippen LogP contribution is -2.22. The fourth-order valence-electron chi connectivity index (χ4n) is 1.46. The SMILES string of the molecule is Cc1cc(CNC(=O)c2cnc(N)s2)cnc1C. The lowest BCUT2D eigenvalue weighted by molar-refractivity contribution is 0.0954. The van der Waals surface area contributed by atoms with E-state index in [1.807, 2.05) is 19.9 Å². The molecule has 0 spiro atoms. The van der Waals surface area contributed by atoms with E-state index in [1.165, 1.54) is 17.5 Å². The van der Waals surface area contributed by atoms with Crippen LogP contribution in [-0.2, 0) is 6.54 Å². The van der Waals surface area contributed by atoms with Crippen LogP contribution >= 0.6 is 11.3 Å². The standard InChI is InChI=1S/C12H14N4OS/c1-7-3-9(4-14-8(7)2)5-15-11(17)10-6-16-12(13)18-10/h3-4,6H,5H2,1-2H3,(H2,13,16)(H,15,17). The minimum Gasteiger partial charge on any atom is -0.375 e. The van der Waals surface area contributed by atoms with Gasteiger partial charge in [0.25, 0.3) is 5.91 Å². The zero-order chi connectivity index (χ0) is 13.1. The molecule has 2 heterocycles. The van der Waals surface area contributed by atoms with Gasteiger partial charge in [0.15, 0.2) is 5.13 Å². The summed E-state index contributed by atoms with van der Waals surface area (Å²) in [7, 11) is 0. The molecule has 0 aliphatic rings. The van der Waals surface area contributed by atoms with E-state index in [4.69, 9.17) is 5.73 Å². The number of amides is 1. The molecule has 6 heteroatoms. The first kappa shape index (κ1) is 12.5. The molecule has 1 amide bonds. The Hall–Kier alpha value is -1.95. The highest BCUT2D eigenvalue weighted by atomic mass is 32.1. The molecule has 5 nitrogen and oxygen atoms in total. The summed E-state index contributed by atoms with van der Waals surface area (Å²) in [6.07, 6.45) is 3.25. The molecule has 2 aromatic rings. The number of carbonyl (C=O) groups is 1. The molecular weight excluding hydrogens is 248 g/mol. The van der Waals surface area contributed by atoms with E-state index < -0.39 is 0 Å². The third-order valence-electron chi connectivity index (χ3n) is 2.60. The molecule has 0 radical (unpaired) electrons. The first-order valence-electron chi connectivity index (χ1n) is 5.48. The van der Waals surface area contributed by atoms with Gasteiger partial charge in [0.2, 0.25) is 0 Å². The van der Waals surface area contributed by atoms with E-state index in [0.717, 1.165) is 16.8 Å². The molecular formula is C12H14N4OS. The maximum Gasteiger partial charge on any atom is 0.263 e. The van der Waals surface area contributed by atoms with Gasteiger partial charge in [0, 0.05) is 18.4 Å². The molecule has 0 aliphatic heterocycles. The molecule has 0 unspecified atom stereocenters. The number of nitrogens with one attached hydrogen (secondary N) is 1. The van der Waals surface area contributed by atoms with Crippen molar-refractivity contribution in [3.05, 3.63) is 40.2 Å². The average Bonchev–Trinajstić information content (AvgIpc) is 2.77. The van der Waals surface area contributed by atoms with Crippen LogP contribution in [0.3, 0.4) is 0 Å². The lowest BCUT2D eigenvalue weighted by atomic mass is 10.1. The first-order valence-corrected chi connectivity index (χ1v) is 6.29. The number of aromatic nitrogens is 2. The van der Waals surface area contributed by atoms with Crippen LogP contribution in [-0.4, -0.2) is 15.9 Å². The summed E-state index contributed by atoms with van der Waals surface area (Å²) >= 11 is 1.18. The molecule has 94 valence electrons. The summed E-state index contributed by atoms with van der Waals surface area (Å²) in [6.45, 7) is 4.40. The van der Waals surface area contributed by atoms with Crippen LogP contribution in [0.1, 0.15) is 26.5 Å². The number of thiazole rings is 1. The van der Waals surface area contributed by atoms with Gasteiger partial charge in [-0.15, -0.1) is 0 Å². The van der Waals surface area contributed by atoms with Gasteiger partial charge in [0.05, 0.1) is 6.20 Å². The molecule has 0 saturated heterocycles. The number of rotatable bonds is 3. The van der Waals surface area contributed by atoms with Crippen LogP contribution in [0.25, 0.3) is 0 Å². The summed E-state index contributed by atoms with van der Waals surface area (Å²) in [6, 6.07) is 2.02. The zero-order valence-corrected chi connectivity index (χ0v) is 11.0. The zero-order valence-electron chi connectivity index (χ0n) is 10.2. The van der Waals surface area contributed by atoms with Crippen molar-refractivity contribution in [2.75, 3.05) is 5.73 Å². The minimum absolute atomic E-state index is 0.164. The molecule has 2 aromatic heterocycles. The lowest BCUT2D eigenvalue weighted by Gasteiger charge is -2.05. The van der Waals surface area contributed by atoms with Gasteiger partial charge in [0.1, 0.15) is 4.88 Å². The predicted octanol–water partition coefficient (Wildman–Crippen LogP) is 1.67. The van der Waals surface area contributed by atoms with Gasteiger partial charge < -0.3 is 11.1 Å². The Morgan fingerprint density at radius 3 is 2.78 bits per heavy atom. The molecule has 3 N–H and O–H groups in total. The predicted molar refractivity (Wildman–Crippen MR) is 71.4 cm³/mol. The Bertz CT molecular complexity index is 579. The third-order valence-corrected chi connectivity index (χ3v) is 3.42. The highest BCUT2D eigenvalue weighted by Gasteiger charge is 2.09. The normalized spacial score (nSPS) is 10.3. The highest BCUT2D eigenvalue weighted by molar-refractivity contribution is 7.17. The van der Waals surface area contributed by atoms with Crippen molar-refractivity contribution in [3.63, 3.8) is 0 Å². The van der Waals surface area contributed by atoms with Crippen LogP contribution < -0.4 is 11.1 Å². The maximum absolute atomic E-state index is 11.8. The van der Waals surface area contributed by atoms with E-state index >= 15 is 0 Å². The monoisotopic (exact) mass is 262 g/mol. The molecule has 18 heavy (non-hydrogen) atoms. The molecule has 0 aromatic carbocycles. The Balaban J connectivity index is 1.99. The molecule has 0 fully saturated rings. The number of hydrogen-bond acceptors (Lipinski definition) is 5. The number of pyridine rings is 1. The number of nitrogens with zero attached hydrogens (tertiary/aromatic N) is 2. The van der Waals surface area contributed by atoms with Crippen molar-refractivity contribution < 1.29 is 4.79 Å². The second-order valence-electron chi connectivity index (χ2n) is 3.99. The van der Waals surface area contributed by atoms with Gasteiger partial charge in [-0.05, 0) is 25.0 Å². The summed E-state index contributed by atoms with van der Waals surface area (Å²) in [5.41, 5.74) is 8.57. The Labute approximate surface area is 109 Å². The van der Waals surface area contributed by atoms with Gasteiger partial charge >= 0.3 is 0 Å². The van der Waals surface area contributed by atoms with E-state index in [0.29, 0.717) is 16.6 Å². The van der Waals surface area contributed by atoms with Crippen molar-refractivity contribution >= 4 is 22.4 Å². The second kappa shape index (κ2) is 5.14. The van der Waals surface area contributed by atoms with E-state index in [2.05, 4.69) is 15.3 Å². The van der Waals surface area contributed by atoms with Crippen LogP contribution in [0.5, 0.6) is 0 Å². The van der Waals surface area contributed by atoms with Crippen LogP contribution in [0.15, 0.2) is 18.5 Å². The molecule has 2 rings (SSSR count). The maximum atomic E-state index is 11.8. The van der Waals surface area contributed by atoms with Gasteiger partial charge in [-0.3, -0.25) is 9.78 Å². The Kier molecular flexibility index (Phi) is 3.57. The van der Waals surface area contributed by atoms with Crippen molar-refractivity contribution in [3.8, 4) is 0 Å². The number of carbonyl (C=O) groups excluding carboxylic acids is 1. The Morgan fingerprint density at radius 1 is 1.39 bits per heavy atom. The summed E-state index contributed by atoms with van der Waals surface area (Å²) in [5, 5.41) is 3.21. The van der Waals surface area contributed by atoms with Crippen molar-refractivity contribution in [1.82, 2.24) is 15.3 Å². The van der Waals surface area contributed by atoms with Crippen molar-refractivity contribution in [2.24, 2.45) is 0 Å². The topological polar surface area (TPSA) is 80.9 Å². The van der Waals surface area contributed by atoms with Crippen molar-refractivity contribution in [1.29, 1.82) is 0 Å². The number of anilines is 1. The summed E-state index contributed by atoms with van der Waals surface area (Å²) in [4.78, 5) is 20.4. The van der Waals surface area contributed by atoms with Crippen LogP contribution in [0, 0.1) is 13.8 Å². The first-order chi connectivity index (χ1) is 8.56. The Morgan fingerprint density at radius 2 is 2.17 bits per heavy atom. The fourth-order valence-corrected chi connectivity index (χ4v) is 2.06. The molecule has 0 bridgehead atoms. The van der Waals surface area contributed by atoms with Gasteiger partial charge in [-0.2, -0.15) is 0 Å². The average molecular weight is 262 g/mol. The number of aryl methyl sites for hydroxylation is 2. The largest absolute Gasteiger partial charge is 0.375 e. The fraction of sp³-hybridized carbons (Fsp3) is 0.250. The number of nitrogen functional groups attached to an aromatic ring is 1. The van der Waals surface area contributed by atoms with Crippen LogP contribution in [0.4, 0.5) is 5.13 Å². The third kappa shape index (κ3) is 2.84. The molecule has 0 aliphatic carbocycles. The molecule has 0 saturated carbocycles. The summed E-state index contributed by atoms with van der Waals surface area (Å²) in [5.74, 6) is -0.164. The van der Waals surface area contributed by atoms with Crippen LogP contribution in [0.2, 0.25) is 0 Å². The number of hydrogen-bond donors (Lipinski definition) is 2. The van der Waals surface area contributed by atoms with Gasteiger partial charge in [-0.1, -0.05) is 17.4 Å². The van der Waals surface area contributed by atoms with E-state index in [9.17, 15) is 4.79 Å². The van der Waals surface area contributed by atoms with E-state index in [1.54, 1.807) is 6.20 Å². The second-order valence-corrected chi connectivity index (χ2v) is 5.05. The number of nitrogens with two attached hydrogens (primary N) is 1. The molecule has 0 atom stereocenters.